The lowest BCUT2D eigenvalue weighted by Crippen LogP contribution is -2.44. The molecule has 1 saturated heterocycles. The lowest BCUT2D eigenvalue weighted by Gasteiger charge is -2.31. The zero-order valence-electron chi connectivity index (χ0n) is 18.8. The Bertz CT molecular complexity index is 1030. The van der Waals surface area contributed by atoms with Crippen molar-refractivity contribution in [2.24, 2.45) is 5.92 Å². The van der Waals surface area contributed by atoms with Crippen LogP contribution in [0.2, 0.25) is 0 Å². The van der Waals surface area contributed by atoms with Crippen molar-refractivity contribution >= 4 is 31.9 Å². The summed E-state index contributed by atoms with van der Waals surface area (Å²) in [6.07, 6.45) is 1.84. The minimum Gasteiger partial charge on any atom is -0.496 e. The molecule has 32 heavy (non-hydrogen) atoms. The summed E-state index contributed by atoms with van der Waals surface area (Å²) in [5.74, 6) is 0.621. The van der Waals surface area contributed by atoms with Gasteiger partial charge in [-0.05, 0) is 61.1 Å². The van der Waals surface area contributed by atoms with Crippen LogP contribution in [0.1, 0.15) is 48.9 Å². The van der Waals surface area contributed by atoms with E-state index in [1.54, 1.807) is 7.11 Å². The van der Waals surface area contributed by atoms with Gasteiger partial charge in [-0.3, -0.25) is 4.79 Å². The molecule has 1 aliphatic rings. The molecule has 2 aromatic carbocycles. The van der Waals surface area contributed by atoms with Gasteiger partial charge in [-0.25, -0.2) is 12.7 Å². The Morgan fingerprint density at radius 3 is 2.41 bits per heavy atom. The van der Waals surface area contributed by atoms with Gasteiger partial charge < -0.3 is 10.1 Å². The van der Waals surface area contributed by atoms with Crippen LogP contribution in [0.15, 0.2) is 46.9 Å². The van der Waals surface area contributed by atoms with Crippen LogP contribution in [0, 0.1) is 12.8 Å². The second kappa shape index (κ2) is 10.8. The summed E-state index contributed by atoms with van der Waals surface area (Å²) in [6.45, 7) is 4.77. The standard InChI is InChI=1S/C24H31BrN2O4S/c1-4-22(20-7-10-23(31-3)17(2)15-20)26-24(28)19-11-13-27(14-12-19)32(29,30)16-18-5-8-21(25)9-6-18/h5-10,15,19,22H,4,11-14,16H2,1-3H3,(H,26,28)/t22-/m0/s1. The molecule has 0 spiro atoms. The Labute approximate surface area is 199 Å². The predicted molar refractivity (Wildman–Crippen MR) is 130 cm³/mol. The van der Waals surface area contributed by atoms with Gasteiger partial charge in [-0.1, -0.05) is 47.1 Å². The van der Waals surface area contributed by atoms with Crippen LogP contribution in [0.4, 0.5) is 0 Å². The quantitative estimate of drug-likeness (QED) is 0.550. The zero-order chi connectivity index (χ0) is 23.3. The second-order valence-corrected chi connectivity index (χ2v) is 11.1. The average Bonchev–Trinajstić information content (AvgIpc) is 2.78. The first-order valence-corrected chi connectivity index (χ1v) is 13.3. The fraction of sp³-hybridized carbons (Fsp3) is 0.458. The molecule has 1 fully saturated rings. The number of carbonyl (C=O) groups excluding carboxylic acids is 1. The number of methoxy groups -OCH3 is 1. The first kappa shape index (κ1) is 24.7. The van der Waals surface area contributed by atoms with Crippen molar-refractivity contribution in [3.8, 4) is 5.75 Å². The number of rotatable bonds is 8. The molecule has 0 aliphatic carbocycles. The van der Waals surface area contributed by atoms with Crippen molar-refractivity contribution in [2.75, 3.05) is 20.2 Å². The van der Waals surface area contributed by atoms with E-state index in [9.17, 15) is 13.2 Å². The normalized spacial score (nSPS) is 16.5. The number of hydrogen-bond donors (Lipinski definition) is 1. The fourth-order valence-electron chi connectivity index (χ4n) is 4.11. The summed E-state index contributed by atoms with van der Waals surface area (Å²) in [6, 6.07) is 13.2. The summed E-state index contributed by atoms with van der Waals surface area (Å²) < 4.78 is 33.4. The van der Waals surface area contributed by atoms with E-state index in [-0.39, 0.29) is 23.6 Å². The molecule has 1 heterocycles. The third kappa shape index (κ3) is 6.11. The summed E-state index contributed by atoms with van der Waals surface area (Å²) in [5, 5.41) is 3.16. The Hall–Kier alpha value is -1.90. The molecular formula is C24H31BrN2O4S. The number of sulfonamides is 1. The molecule has 1 N–H and O–H groups in total. The second-order valence-electron chi connectivity index (χ2n) is 8.25. The summed E-state index contributed by atoms with van der Waals surface area (Å²) in [5.41, 5.74) is 2.84. The summed E-state index contributed by atoms with van der Waals surface area (Å²) in [7, 11) is -1.76. The Morgan fingerprint density at radius 2 is 1.84 bits per heavy atom. The molecule has 174 valence electrons. The Kier molecular flexibility index (Phi) is 8.36. The zero-order valence-corrected chi connectivity index (χ0v) is 21.2. The van der Waals surface area contributed by atoms with Gasteiger partial charge in [0.05, 0.1) is 18.9 Å². The molecule has 2 aromatic rings. The molecular weight excluding hydrogens is 492 g/mol. The molecule has 0 unspecified atom stereocenters. The smallest absolute Gasteiger partial charge is 0.223 e. The number of nitrogens with one attached hydrogen (secondary N) is 1. The van der Waals surface area contributed by atoms with Gasteiger partial charge in [0, 0.05) is 23.5 Å². The number of nitrogens with zero attached hydrogens (tertiary/aromatic N) is 1. The number of benzene rings is 2. The molecule has 0 saturated carbocycles. The van der Waals surface area contributed by atoms with Gasteiger partial charge in [0.2, 0.25) is 15.9 Å². The van der Waals surface area contributed by atoms with E-state index in [1.165, 1.54) is 4.31 Å². The fourth-order valence-corrected chi connectivity index (χ4v) is 5.94. The number of hydrogen-bond acceptors (Lipinski definition) is 4. The number of carbonyl (C=O) groups is 1. The highest BCUT2D eigenvalue weighted by Gasteiger charge is 2.32. The van der Waals surface area contributed by atoms with E-state index < -0.39 is 10.0 Å². The van der Waals surface area contributed by atoms with E-state index in [1.807, 2.05) is 56.3 Å². The minimum absolute atomic E-state index is 0.00437. The van der Waals surface area contributed by atoms with Crippen LogP contribution in [-0.2, 0) is 20.6 Å². The predicted octanol–water partition coefficient (Wildman–Crippen LogP) is 4.58. The minimum atomic E-state index is -3.41. The van der Waals surface area contributed by atoms with Crippen LogP contribution >= 0.6 is 15.9 Å². The maximum Gasteiger partial charge on any atom is 0.223 e. The Balaban J connectivity index is 1.57. The lowest BCUT2D eigenvalue weighted by molar-refractivity contribution is -0.126. The van der Waals surface area contributed by atoms with Crippen LogP contribution in [0.5, 0.6) is 5.75 Å². The van der Waals surface area contributed by atoms with Crippen molar-refractivity contribution in [3.05, 3.63) is 63.6 Å². The van der Waals surface area contributed by atoms with Crippen molar-refractivity contribution in [1.29, 1.82) is 0 Å². The van der Waals surface area contributed by atoms with Gasteiger partial charge in [0.25, 0.3) is 0 Å². The van der Waals surface area contributed by atoms with Crippen LogP contribution < -0.4 is 10.1 Å². The number of piperidine rings is 1. The van der Waals surface area contributed by atoms with Crippen LogP contribution in [0.25, 0.3) is 0 Å². The maximum atomic E-state index is 12.9. The molecule has 0 aromatic heterocycles. The monoisotopic (exact) mass is 522 g/mol. The highest BCUT2D eigenvalue weighted by Crippen LogP contribution is 2.27. The maximum absolute atomic E-state index is 12.9. The van der Waals surface area contributed by atoms with Crippen LogP contribution in [0.3, 0.4) is 0 Å². The van der Waals surface area contributed by atoms with Crippen molar-refractivity contribution in [1.82, 2.24) is 9.62 Å². The summed E-state index contributed by atoms with van der Waals surface area (Å²) in [4.78, 5) is 12.9. The lowest BCUT2D eigenvalue weighted by atomic mass is 9.95. The topological polar surface area (TPSA) is 75.7 Å². The Morgan fingerprint density at radius 1 is 1.19 bits per heavy atom. The molecule has 8 heteroatoms. The van der Waals surface area contributed by atoms with Crippen molar-refractivity contribution < 1.29 is 17.9 Å². The van der Waals surface area contributed by atoms with E-state index >= 15 is 0 Å². The van der Waals surface area contributed by atoms with Crippen molar-refractivity contribution in [2.45, 2.75) is 44.9 Å². The number of ether oxygens (including phenoxy) is 1. The average molecular weight is 523 g/mol. The molecule has 0 radical (unpaired) electrons. The molecule has 1 atom stereocenters. The summed E-state index contributed by atoms with van der Waals surface area (Å²) >= 11 is 3.37. The van der Waals surface area contributed by atoms with Gasteiger partial charge in [0.1, 0.15) is 5.75 Å². The van der Waals surface area contributed by atoms with Gasteiger partial charge in [-0.2, -0.15) is 0 Å². The van der Waals surface area contributed by atoms with Crippen molar-refractivity contribution in [3.63, 3.8) is 0 Å². The number of amides is 1. The molecule has 6 nitrogen and oxygen atoms in total. The third-order valence-corrected chi connectivity index (χ3v) is 8.41. The molecule has 1 aliphatic heterocycles. The van der Waals surface area contributed by atoms with Gasteiger partial charge in [-0.15, -0.1) is 0 Å². The van der Waals surface area contributed by atoms with Gasteiger partial charge >= 0.3 is 0 Å². The largest absolute Gasteiger partial charge is 0.496 e. The third-order valence-electron chi connectivity index (χ3n) is 6.03. The first-order chi connectivity index (χ1) is 15.2. The van der Waals surface area contributed by atoms with E-state index in [0.29, 0.717) is 25.9 Å². The SMILES string of the molecule is CC[C@H](NC(=O)C1CCN(S(=O)(=O)Cc2ccc(Br)cc2)CC1)c1ccc(OC)c(C)c1. The molecule has 0 bridgehead atoms. The molecule has 1 amide bonds. The highest BCUT2D eigenvalue weighted by atomic mass is 79.9. The number of halogens is 1. The van der Waals surface area contributed by atoms with E-state index in [4.69, 9.17) is 4.74 Å². The van der Waals surface area contributed by atoms with Gasteiger partial charge in [0.15, 0.2) is 0 Å². The molecule has 3 rings (SSSR count). The number of aryl methyl sites for hydroxylation is 1. The first-order valence-electron chi connectivity index (χ1n) is 10.9. The highest BCUT2D eigenvalue weighted by molar-refractivity contribution is 9.10. The van der Waals surface area contributed by atoms with E-state index in [0.717, 1.165) is 33.3 Å². The van der Waals surface area contributed by atoms with E-state index in [2.05, 4.69) is 21.2 Å². The van der Waals surface area contributed by atoms with Crippen LogP contribution in [-0.4, -0.2) is 38.8 Å².